The molecule has 1 amide bonds. The van der Waals surface area contributed by atoms with Crippen LogP contribution >= 0.6 is 11.3 Å². The van der Waals surface area contributed by atoms with Gasteiger partial charge in [-0.25, -0.2) is 4.99 Å². The number of nitrogens with zero attached hydrogens (tertiary/aromatic N) is 2. The van der Waals surface area contributed by atoms with E-state index in [1.807, 2.05) is 44.2 Å². The highest BCUT2D eigenvalue weighted by molar-refractivity contribution is 7.07. The van der Waals surface area contributed by atoms with Gasteiger partial charge in [-0.15, -0.1) is 0 Å². The Morgan fingerprint density at radius 1 is 0.933 bits per heavy atom. The predicted molar refractivity (Wildman–Crippen MR) is 172 cm³/mol. The topological polar surface area (TPSA) is 117 Å². The van der Waals surface area contributed by atoms with Crippen molar-refractivity contribution in [3.8, 4) is 23.0 Å². The van der Waals surface area contributed by atoms with E-state index in [-0.39, 0.29) is 28.7 Å². The first-order chi connectivity index (χ1) is 21.5. The Labute approximate surface area is 263 Å². The minimum Gasteiger partial charge on any atom is -0.497 e. The van der Waals surface area contributed by atoms with Crippen LogP contribution in [0.4, 0.5) is 5.69 Å². The highest BCUT2D eigenvalue weighted by Gasteiger charge is 2.33. The van der Waals surface area contributed by atoms with Crippen LogP contribution in [0.25, 0.3) is 6.08 Å². The second-order valence-corrected chi connectivity index (χ2v) is 11.5. The minimum absolute atomic E-state index is 0.140. The second-order valence-electron chi connectivity index (χ2n) is 10.5. The number of benzene rings is 3. The van der Waals surface area contributed by atoms with E-state index in [4.69, 9.17) is 23.9 Å². The van der Waals surface area contributed by atoms with E-state index >= 15 is 0 Å². The fourth-order valence-electron chi connectivity index (χ4n) is 5.24. The number of allylic oxidation sites excluding steroid dienone is 1. The van der Waals surface area contributed by atoms with Gasteiger partial charge in [-0.05, 0) is 73.9 Å². The summed E-state index contributed by atoms with van der Waals surface area (Å²) in [5.74, 6) is 0.434. The molecule has 45 heavy (non-hydrogen) atoms. The summed E-state index contributed by atoms with van der Waals surface area (Å²) in [6, 6.07) is 15.6. The average molecular weight is 628 g/mol. The number of hydrogen-bond acceptors (Lipinski definition) is 9. The van der Waals surface area contributed by atoms with Crippen molar-refractivity contribution >= 4 is 35.0 Å². The zero-order valence-electron chi connectivity index (χ0n) is 26.0. The van der Waals surface area contributed by atoms with E-state index in [2.05, 4.69) is 5.32 Å². The fraction of sp³-hybridized carbons (Fsp3) is 0.235. The van der Waals surface area contributed by atoms with Crippen molar-refractivity contribution < 1.29 is 28.5 Å². The Bertz CT molecular complexity index is 2000. The molecule has 0 bridgehead atoms. The first-order valence-corrected chi connectivity index (χ1v) is 14.9. The standard InChI is InChI=1S/C34H33N3O7S/c1-18-8-13-25(19(2)14-18)36-32(39)29-20(3)35-34-37(30(29)23-9-11-24(41-5)12-10-23)33(40)28(45-34)17-22-15-26(42-6)31(44-21(4)38)27(16-22)43-7/h8-17,30H,1-7H3,(H,36,39)/b28-17-/t30-/m1/s1. The number of carbonyl (C=O) groups is 2. The number of methoxy groups -OCH3 is 3. The molecular weight excluding hydrogens is 594 g/mol. The van der Waals surface area contributed by atoms with Gasteiger partial charge in [0, 0.05) is 12.6 Å². The lowest BCUT2D eigenvalue weighted by Crippen LogP contribution is -2.40. The number of aromatic nitrogens is 1. The number of carbonyl (C=O) groups excluding carboxylic acids is 2. The van der Waals surface area contributed by atoms with Gasteiger partial charge in [-0.3, -0.25) is 19.0 Å². The van der Waals surface area contributed by atoms with E-state index in [9.17, 15) is 14.4 Å². The lowest BCUT2D eigenvalue weighted by Gasteiger charge is -2.25. The Kier molecular flexibility index (Phi) is 8.92. The summed E-state index contributed by atoms with van der Waals surface area (Å²) in [4.78, 5) is 44.9. The SMILES string of the molecule is COc1ccc([C@@H]2C(C(=O)Nc3ccc(C)cc3C)=C(C)N=c3s/c(=C\c4cc(OC)c(OC(C)=O)c(OC)c4)c(=O)n32)cc1. The number of hydrogen-bond donors (Lipinski definition) is 1. The molecule has 3 aromatic carbocycles. The summed E-state index contributed by atoms with van der Waals surface area (Å²) in [7, 11) is 4.47. The van der Waals surface area contributed by atoms with Crippen LogP contribution in [0.5, 0.6) is 23.0 Å². The molecule has 0 spiro atoms. The molecule has 0 saturated heterocycles. The average Bonchev–Trinajstić information content (AvgIpc) is 3.31. The van der Waals surface area contributed by atoms with Crippen LogP contribution in [0.1, 0.15) is 42.1 Å². The normalized spacial score (nSPS) is 14.4. The highest BCUT2D eigenvalue weighted by Crippen LogP contribution is 2.39. The van der Waals surface area contributed by atoms with Gasteiger partial charge in [-0.1, -0.05) is 41.2 Å². The summed E-state index contributed by atoms with van der Waals surface area (Å²) in [5, 5.41) is 3.04. The van der Waals surface area contributed by atoms with Gasteiger partial charge in [0.25, 0.3) is 11.5 Å². The number of anilines is 1. The Morgan fingerprint density at radius 2 is 1.60 bits per heavy atom. The number of fused-ring (bicyclic) bond motifs is 1. The van der Waals surface area contributed by atoms with Gasteiger partial charge in [-0.2, -0.15) is 0 Å². The molecule has 0 aliphatic carbocycles. The Balaban J connectivity index is 1.66. The summed E-state index contributed by atoms with van der Waals surface area (Å²) < 4.78 is 23.5. The van der Waals surface area contributed by atoms with E-state index in [1.165, 1.54) is 32.5 Å². The molecule has 0 unspecified atom stereocenters. The van der Waals surface area contributed by atoms with Gasteiger partial charge in [0.2, 0.25) is 5.75 Å². The molecule has 4 aromatic rings. The van der Waals surface area contributed by atoms with Gasteiger partial charge in [0.05, 0.1) is 43.2 Å². The van der Waals surface area contributed by atoms with Gasteiger partial charge in [0.1, 0.15) is 5.75 Å². The molecule has 232 valence electrons. The number of esters is 1. The second kappa shape index (κ2) is 12.8. The van der Waals surface area contributed by atoms with Crippen LogP contribution in [-0.2, 0) is 9.59 Å². The quantitative estimate of drug-likeness (QED) is 0.227. The van der Waals surface area contributed by atoms with Crippen molar-refractivity contribution in [2.45, 2.75) is 33.7 Å². The van der Waals surface area contributed by atoms with Crippen molar-refractivity contribution in [3.63, 3.8) is 0 Å². The molecular formula is C34H33N3O7S. The van der Waals surface area contributed by atoms with E-state index in [0.717, 1.165) is 16.7 Å². The summed E-state index contributed by atoms with van der Waals surface area (Å²) in [6.07, 6.45) is 1.69. The Hall–Kier alpha value is -5.16. The third kappa shape index (κ3) is 6.25. The van der Waals surface area contributed by atoms with Crippen LogP contribution < -0.4 is 39.2 Å². The number of thiazole rings is 1. The number of aryl methyl sites for hydroxylation is 2. The monoisotopic (exact) mass is 627 g/mol. The molecule has 10 nitrogen and oxygen atoms in total. The van der Waals surface area contributed by atoms with Crippen LogP contribution in [0.3, 0.4) is 0 Å². The molecule has 1 N–H and O–H groups in total. The molecule has 11 heteroatoms. The van der Waals surface area contributed by atoms with Crippen molar-refractivity contribution in [1.82, 2.24) is 4.57 Å². The molecule has 1 atom stereocenters. The first-order valence-electron chi connectivity index (χ1n) is 14.0. The molecule has 1 aliphatic heterocycles. The number of amides is 1. The molecule has 0 fully saturated rings. The van der Waals surface area contributed by atoms with Crippen molar-refractivity contribution in [2.75, 3.05) is 26.6 Å². The Morgan fingerprint density at radius 3 is 2.18 bits per heavy atom. The maximum atomic E-state index is 14.1. The zero-order valence-corrected chi connectivity index (χ0v) is 26.8. The van der Waals surface area contributed by atoms with Crippen molar-refractivity contribution in [1.29, 1.82) is 0 Å². The molecule has 1 aromatic heterocycles. The highest BCUT2D eigenvalue weighted by atomic mass is 32.1. The van der Waals surface area contributed by atoms with Crippen LogP contribution in [0.2, 0.25) is 0 Å². The van der Waals surface area contributed by atoms with Crippen LogP contribution in [0, 0.1) is 13.8 Å². The lowest BCUT2D eigenvalue weighted by atomic mass is 9.95. The number of ether oxygens (including phenoxy) is 4. The molecule has 0 saturated carbocycles. The molecule has 5 rings (SSSR count). The summed E-state index contributed by atoms with van der Waals surface area (Å²) in [6.45, 7) is 6.98. The summed E-state index contributed by atoms with van der Waals surface area (Å²) >= 11 is 1.20. The lowest BCUT2D eigenvalue weighted by molar-refractivity contribution is -0.132. The van der Waals surface area contributed by atoms with E-state index in [0.29, 0.717) is 37.6 Å². The largest absolute Gasteiger partial charge is 0.497 e. The van der Waals surface area contributed by atoms with Gasteiger partial charge >= 0.3 is 5.97 Å². The third-order valence-corrected chi connectivity index (χ3v) is 8.34. The maximum absolute atomic E-state index is 14.1. The van der Waals surface area contributed by atoms with Crippen LogP contribution in [0.15, 0.2) is 75.7 Å². The fourth-order valence-corrected chi connectivity index (χ4v) is 6.28. The van der Waals surface area contributed by atoms with E-state index in [1.54, 1.807) is 48.9 Å². The zero-order chi connectivity index (χ0) is 32.4. The smallest absolute Gasteiger partial charge is 0.308 e. The van der Waals surface area contributed by atoms with Crippen LogP contribution in [-0.4, -0.2) is 37.8 Å². The minimum atomic E-state index is -0.754. The molecule has 2 heterocycles. The molecule has 0 radical (unpaired) electrons. The van der Waals surface area contributed by atoms with Crippen molar-refractivity contribution in [2.24, 2.45) is 4.99 Å². The predicted octanol–water partition coefficient (Wildman–Crippen LogP) is 4.44. The van der Waals surface area contributed by atoms with Gasteiger partial charge < -0.3 is 24.3 Å². The number of rotatable bonds is 8. The van der Waals surface area contributed by atoms with Crippen molar-refractivity contribution in [3.05, 3.63) is 108 Å². The summed E-state index contributed by atoms with van der Waals surface area (Å²) in [5.41, 5.74) is 4.51. The number of nitrogens with one attached hydrogen (secondary N) is 1. The maximum Gasteiger partial charge on any atom is 0.308 e. The molecule has 1 aliphatic rings. The van der Waals surface area contributed by atoms with Gasteiger partial charge in [0.15, 0.2) is 16.3 Å². The first kappa shape index (κ1) is 31.3. The van der Waals surface area contributed by atoms with E-state index < -0.39 is 12.0 Å². The third-order valence-electron chi connectivity index (χ3n) is 7.35.